The Morgan fingerprint density at radius 2 is 2.05 bits per heavy atom. The van der Waals surface area contributed by atoms with Gasteiger partial charge in [0, 0.05) is 6.92 Å². The summed E-state index contributed by atoms with van der Waals surface area (Å²) in [5.41, 5.74) is 5.80. The van der Waals surface area contributed by atoms with Gasteiger partial charge in [-0.3, -0.25) is 4.79 Å². The Morgan fingerprint density at radius 3 is 2.57 bits per heavy atom. The summed E-state index contributed by atoms with van der Waals surface area (Å²) in [6.07, 6.45) is 7.50. The Morgan fingerprint density at radius 1 is 1.38 bits per heavy atom. The Hall–Kier alpha value is -1.14. The fourth-order valence-corrected chi connectivity index (χ4v) is 3.24. The largest absolute Gasteiger partial charge is 0.344 e. The van der Waals surface area contributed by atoms with E-state index in [1.807, 2.05) is 0 Å². The summed E-state index contributed by atoms with van der Waals surface area (Å²) in [6.45, 7) is 1.52. The second kappa shape index (κ2) is 6.32. The van der Waals surface area contributed by atoms with Gasteiger partial charge in [-0.15, -0.1) is 12.4 Å². The predicted octanol–water partition coefficient (Wildman–Crippen LogP) is 2.20. The van der Waals surface area contributed by atoms with E-state index in [-0.39, 0.29) is 24.4 Å². The number of carbonyl (C=O) groups is 1. The third-order valence-corrected chi connectivity index (χ3v) is 4.63. The van der Waals surface area contributed by atoms with E-state index in [1.54, 1.807) is 0 Å². The molecule has 118 valence electrons. The molecule has 3 N–H and O–H groups in total. The predicted molar refractivity (Wildman–Crippen MR) is 79.8 cm³/mol. The van der Waals surface area contributed by atoms with Crippen LogP contribution in [0, 0.1) is 5.92 Å². The van der Waals surface area contributed by atoms with Crippen LogP contribution in [0.2, 0.25) is 0 Å². The van der Waals surface area contributed by atoms with Crippen LogP contribution in [0.5, 0.6) is 0 Å². The van der Waals surface area contributed by atoms with Gasteiger partial charge in [0.2, 0.25) is 11.8 Å². The molecular weight excluding hydrogens is 292 g/mol. The van der Waals surface area contributed by atoms with Crippen molar-refractivity contribution in [1.82, 2.24) is 15.5 Å². The van der Waals surface area contributed by atoms with Crippen LogP contribution >= 0.6 is 12.4 Å². The molecule has 2 fully saturated rings. The van der Waals surface area contributed by atoms with Crippen LogP contribution < -0.4 is 11.1 Å². The van der Waals surface area contributed by atoms with Gasteiger partial charge in [0.1, 0.15) is 6.04 Å². The minimum Gasteiger partial charge on any atom is -0.344 e. The number of amides is 1. The lowest BCUT2D eigenvalue weighted by Crippen LogP contribution is -2.44. The number of hydrogen-bond acceptors (Lipinski definition) is 5. The minimum atomic E-state index is -0.418. The Bertz CT molecular complexity index is 495. The first-order valence-electron chi connectivity index (χ1n) is 7.48. The maximum absolute atomic E-state index is 11.4. The lowest BCUT2D eigenvalue weighted by Gasteiger charge is -2.34. The molecule has 0 radical (unpaired) electrons. The molecule has 1 atom stereocenters. The number of nitrogens with one attached hydrogen (secondary N) is 1. The van der Waals surface area contributed by atoms with Crippen molar-refractivity contribution in [1.29, 1.82) is 0 Å². The highest BCUT2D eigenvalue weighted by atomic mass is 35.5. The van der Waals surface area contributed by atoms with E-state index in [9.17, 15) is 4.79 Å². The quantitative estimate of drug-likeness (QED) is 0.888. The number of aromatic nitrogens is 2. The van der Waals surface area contributed by atoms with Crippen molar-refractivity contribution in [2.45, 2.75) is 63.5 Å². The summed E-state index contributed by atoms with van der Waals surface area (Å²) in [7, 11) is 0. The standard InChI is InChI=1S/C14H22N4O2.ClH/c1-9(19)16-11(10-5-2-3-6-10)12-17-13(18-20-12)14(15)7-4-8-14;/h10-11H,2-8,15H2,1H3,(H,16,19);1H. The van der Waals surface area contributed by atoms with Crippen molar-refractivity contribution in [2.75, 3.05) is 0 Å². The van der Waals surface area contributed by atoms with Crippen molar-refractivity contribution in [3.05, 3.63) is 11.7 Å². The molecule has 3 rings (SSSR count). The Balaban J connectivity index is 0.00000161. The van der Waals surface area contributed by atoms with Gasteiger partial charge in [0.05, 0.1) is 5.54 Å². The van der Waals surface area contributed by atoms with E-state index in [2.05, 4.69) is 15.5 Å². The monoisotopic (exact) mass is 314 g/mol. The van der Waals surface area contributed by atoms with E-state index in [0.29, 0.717) is 17.6 Å². The van der Waals surface area contributed by atoms with E-state index < -0.39 is 5.54 Å². The van der Waals surface area contributed by atoms with E-state index in [0.717, 1.165) is 32.1 Å². The van der Waals surface area contributed by atoms with Gasteiger partial charge < -0.3 is 15.6 Å². The summed E-state index contributed by atoms with van der Waals surface area (Å²) < 4.78 is 5.41. The van der Waals surface area contributed by atoms with E-state index in [1.165, 1.54) is 19.8 Å². The molecule has 1 aromatic rings. The van der Waals surface area contributed by atoms with Gasteiger partial charge in [-0.05, 0) is 38.0 Å². The topological polar surface area (TPSA) is 94.0 Å². The number of carbonyl (C=O) groups excluding carboxylic acids is 1. The maximum atomic E-state index is 11.4. The van der Waals surface area contributed by atoms with Crippen molar-refractivity contribution < 1.29 is 9.32 Å². The second-order valence-electron chi connectivity index (χ2n) is 6.19. The van der Waals surface area contributed by atoms with Crippen LogP contribution in [0.1, 0.15) is 69.6 Å². The van der Waals surface area contributed by atoms with E-state index in [4.69, 9.17) is 10.3 Å². The third-order valence-electron chi connectivity index (χ3n) is 4.63. The van der Waals surface area contributed by atoms with Crippen molar-refractivity contribution in [3.8, 4) is 0 Å². The maximum Gasteiger partial charge on any atom is 0.249 e. The normalized spacial score (nSPS) is 22.2. The van der Waals surface area contributed by atoms with Gasteiger partial charge in [-0.1, -0.05) is 18.0 Å². The molecule has 1 amide bonds. The van der Waals surface area contributed by atoms with Crippen LogP contribution in [0.15, 0.2) is 4.52 Å². The molecule has 2 aliphatic rings. The smallest absolute Gasteiger partial charge is 0.249 e. The molecule has 1 heterocycles. The molecule has 0 bridgehead atoms. The number of hydrogen-bond donors (Lipinski definition) is 2. The third kappa shape index (κ3) is 3.21. The average molecular weight is 315 g/mol. The first-order valence-corrected chi connectivity index (χ1v) is 7.48. The van der Waals surface area contributed by atoms with Crippen LogP contribution in [0.4, 0.5) is 0 Å². The number of halogens is 1. The average Bonchev–Trinajstić information content (AvgIpc) is 3.04. The summed E-state index contributed by atoms with van der Waals surface area (Å²) >= 11 is 0. The molecular formula is C14H23ClN4O2. The van der Waals surface area contributed by atoms with E-state index >= 15 is 0 Å². The molecule has 2 aliphatic carbocycles. The first-order chi connectivity index (χ1) is 9.58. The Labute approximate surface area is 130 Å². The van der Waals surface area contributed by atoms with Crippen LogP contribution in [0.3, 0.4) is 0 Å². The van der Waals surface area contributed by atoms with Crippen molar-refractivity contribution >= 4 is 18.3 Å². The molecule has 21 heavy (non-hydrogen) atoms. The lowest BCUT2D eigenvalue weighted by atomic mass is 9.77. The lowest BCUT2D eigenvalue weighted by molar-refractivity contribution is -0.120. The first kappa shape index (κ1) is 16.2. The highest BCUT2D eigenvalue weighted by molar-refractivity contribution is 5.85. The summed E-state index contributed by atoms with van der Waals surface area (Å²) in [5.74, 6) is 1.43. The summed E-state index contributed by atoms with van der Waals surface area (Å²) in [5, 5.41) is 7.01. The van der Waals surface area contributed by atoms with Gasteiger partial charge in [-0.2, -0.15) is 4.98 Å². The number of rotatable bonds is 4. The molecule has 2 saturated carbocycles. The van der Waals surface area contributed by atoms with Crippen LogP contribution in [0.25, 0.3) is 0 Å². The zero-order chi connectivity index (χ0) is 14.2. The fourth-order valence-electron chi connectivity index (χ4n) is 3.24. The summed E-state index contributed by atoms with van der Waals surface area (Å²) in [6, 6.07) is -0.167. The molecule has 0 spiro atoms. The second-order valence-corrected chi connectivity index (χ2v) is 6.19. The molecule has 1 unspecified atom stereocenters. The molecule has 6 nitrogen and oxygen atoms in total. The number of nitrogens with zero attached hydrogens (tertiary/aromatic N) is 2. The van der Waals surface area contributed by atoms with Gasteiger partial charge in [-0.25, -0.2) is 0 Å². The van der Waals surface area contributed by atoms with Gasteiger partial charge in [0.25, 0.3) is 0 Å². The van der Waals surface area contributed by atoms with Crippen molar-refractivity contribution in [2.24, 2.45) is 11.7 Å². The Kier molecular flexibility index (Phi) is 4.88. The zero-order valence-electron chi connectivity index (χ0n) is 12.3. The number of nitrogens with two attached hydrogens (primary N) is 1. The molecule has 0 aliphatic heterocycles. The van der Waals surface area contributed by atoms with Crippen LogP contribution in [-0.4, -0.2) is 16.0 Å². The van der Waals surface area contributed by atoms with Crippen molar-refractivity contribution in [3.63, 3.8) is 0 Å². The summed E-state index contributed by atoms with van der Waals surface area (Å²) in [4.78, 5) is 15.9. The van der Waals surface area contributed by atoms with Gasteiger partial charge in [0.15, 0.2) is 5.82 Å². The SMILES string of the molecule is CC(=O)NC(c1nc(C2(N)CCC2)no1)C1CCCC1.Cl. The van der Waals surface area contributed by atoms with Crippen LogP contribution in [-0.2, 0) is 10.3 Å². The molecule has 0 aromatic carbocycles. The van der Waals surface area contributed by atoms with Gasteiger partial charge >= 0.3 is 0 Å². The molecule has 0 saturated heterocycles. The molecule has 7 heteroatoms. The highest BCUT2D eigenvalue weighted by Gasteiger charge is 2.40. The zero-order valence-corrected chi connectivity index (χ0v) is 13.1. The fraction of sp³-hybridized carbons (Fsp3) is 0.786. The minimum absolute atomic E-state index is 0. The highest BCUT2D eigenvalue weighted by Crippen LogP contribution is 2.39. The molecule has 1 aromatic heterocycles.